The largest absolute Gasteiger partial charge is 0.654 e. The number of nitrogens with zero attached hydrogens (tertiary/aromatic N) is 2. The number of hydrogen-bond acceptors (Lipinski definition) is 1. The summed E-state index contributed by atoms with van der Waals surface area (Å²) in [5.41, 5.74) is 1.04. The maximum atomic E-state index is 4.85. The monoisotopic (exact) mass is 755 g/mol. The predicted molar refractivity (Wildman–Crippen MR) is 200 cm³/mol. The van der Waals surface area contributed by atoms with E-state index in [4.69, 9.17) is 24.7 Å². The molecule has 0 saturated heterocycles. The minimum atomic E-state index is -0.877. The Hall–Kier alpha value is -2.73. The zero-order valence-electron chi connectivity index (χ0n) is 24.9. The van der Waals surface area contributed by atoms with Crippen LogP contribution in [0.2, 0.25) is 0 Å². The summed E-state index contributed by atoms with van der Waals surface area (Å²) in [6.07, 6.45) is 2.94. The van der Waals surface area contributed by atoms with Crippen molar-refractivity contribution in [2.24, 2.45) is 0 Å². The van der Waals surface area contributed by atoms with Gasteiger partial charge in [0.05, 0.1) is 26.5 Å². The molecule has 2 nitrogen and oxygen atoms in total. The van der Waals surface area contributed by atoms with E-state index in [1.165, 1.54) is 26.5 Å². The molecule has 0 amide bonds. The van der Waals surface area contributed by atoms with E-state index in [-0.39, 0.29) is 15.1 Å². The average Bonchev–Trinajstić information content (AvgIpc) is 3.12. The number of pyridine rings is 1. The minimum Gasteiger partial charge on any atom is -0.654 e. The quantitative estimate of drug-likeness (QED) is 0.0785. The summed E-state index contributed by atoms with van der Waals surface area (Å²) in [4.78, 5) is 4.33. The topological polar surface area (TPSA) is 27.0 Å². The molecule has 0 unspecified atom stereocenters. The van der Waals surface area contributed by atoms with E-state index in [0.717, 1.165) is 18.4 Å². The van der Waals surface area contributed by atoms with E-state index in [1.54, 1.807) is 0 Å². The Morgan fingerprint density at radius 2 is 0.844 bits per heavy atom. The molecular formula is C38H37Cl2N2P2Ru+. The third-order valence-electron chi connectivity index (χ3n) is 6.95. The molecule has 7 heteroatoms. The molecule has 0 fully saturated rings. The molecule has 0 saturated carbocycles. The fourth-order valence-corrected chi connectivity index (χ4v) is 9.98. The molecule has 0 aliphatic carbocycles. The Labute approximate surface area is 286 Å². The first-order valence-corrected chi connectivity index (χ1v) is 22.4. The van der Waals surface area contributed by atoms with E-state index in [2.05, 4.69) is 157 Å². The van der Waals surface area contributed by atoms with Crippen molar-refractivity contribution in [2.45, 2.75) is 6.54 Å². The summed E-state index contributed by atoms with van der Waals surface area (Å²) in [5, 5.41) is 11.9. The van der Waals surface area contributed by atoms with Crippen molar-refractivity contribution in [3.8, 4) is 0 Å². The van der Waals surface area contributed by atoms with Crippen LogP contribution in [0.4, 0.5) is 0 Å². The molecule has 6 aromatic rings. The molecule has 6 rings (SSSR count). The summed E-state index contributed by atoms with van der Waals surface area (Å²) in [6, 6.07) is 60.2. The van der Waals surface area contributed by atoms with Gasteiger partial charge in [-0.05, 0) is 72.8 Å². The zero-order valence-corrected chi connectivity index (χ0v) is 30.1. The molecule has 0 N–H and O–H groups in total. The molecule has 1 heterocycles. The second kappa shape index (κ2) is 21.1. The van der Waals surface area contributed by atoms with Crippen LogP contribution in [0.15, 0.2) is 176 Å². The van der Waals surface area contributed by atoms with Gasteiger partial charge in [0.15, 0.2) is 0 Å². The molecule has 0 radical (unpaired) electrons. The van der Waals surface area contributed by atoms with Crippen LogP contribution in [0.25, 0.3) is 5.32 Å². The Morgan fingerprint density at radius 1 is 0.489 bits per heavy atom. The van der Waals surface area contributed by atoms with Crippen molar-refractivity contribution < 1.29 is 15.1 Å². The summed E-state index contributed by atoms with van der Waals surface area (Å²) in [6.45, 7) is 1.59. The summed E-state index contributed by atoms with van der Waals surface area (Å²) in [5.74, 6) is 0. The Balaban J connectivity index is 0.000000191. The average molecular weight is 756 g/mol. The second-order valence-corrected chi connectivity index (χ2v) is 17.6. The van der Waals surface area contributed by atoms with Crippen LogP contribution >= 0.6 is 35.2 Å². The molecule has 0 atom stereocenters. The Morgan fingerprint density at radius 3 is 1.20 bits per heavy atom. The smallest absolute Gasteiger partial charge is 0.102 e. The van der Waals surface area contributed by atoms with E-state index in [1.807, 2.05) is 24.4 Å². The predicted octanol–water partition coefficient (Wildman–Crippen LogP) is 8.37. The summed E-state index contributed by atoms with van der Waals surface area (Å²) < 4.78 is 0. The van der Waals surface area contributed by atoms with Crippen molar-refractivity contribution in [1.29, 1.82) is 0 Å². The molecule has 230 valence electrons. The van der Waals surface area contributed by atoms with E-state index in [0.29, 0.717) is 6.54 Å². The second-order valence-electron chi connectivity index (χ2n) is 9.91. The molecular weight excluding hydrogens is 718 g/mol. The minimum absolute atomic E-state index is 0.346. The first-order chi connectivity index (χ1) is 22.3. The SMILES string of the molecule is [Cl][Ru][Cl].c1ccc([PH+](CC[N-]Cc2ccccn2)c2ccccc2)cc1.c1ccc([PH+](c2ccccc2)c2ccccc2)cc1. The van der Waals surface area contributed by atoms with Gasteiger partial charge < -0.3 is 5.32 Å². The van der Waals surface area contributed by atoms with Crippen molar-refractivity contribution in [3.05, 3.63) is 187 Å². The summed E-state index contributed by atoms with van der Waals surface area (Å²) in [7, 11) is 8.06. The van der Waals surface area contributed by atoms with Gasteiger partial charge in [-0.1, -0.05) is 97.1 Å². The van der Waals surface area contributed by atoms with Gasteiger partial charge in [0, 0.05) is 18.1 Å². The van der Waals surface area contributed by atoms with Crippen LogP contribution in [0.3, 0.4) is 0 Å². The van der Waals surface area contributed by atoms with E-state index in [9.17, 15) is 0 Å². The van der Waals surface area contributed by atoms with Gasteiger partial charge in [0.25, 0.3) is 0 Å². The zero-order chi connectivity index (χ0) is 31.4. The number of hydrogen-bond donors (Lipinski definition) is 0. The molecule has 0 aliphatic rings. The molecule has 45 heavy (non-hydrogen) atoms. The molecule has 0 bridgehead atoms. The van der Waals surface area contributed by atoms with Crippen molar-refractivity contribution in [2.75, 3.05) is 12.7 Å². The Kier molecular flexibility index (Phi) is 16.5. The van der Waals surface area contributed by atoms with Gasteiger partial charge in [0.1, 0.15) is 15.9 Å². The van der Waals surface area contributed by atoms with Crippen molar-refractivity contribution in [1.82, 2.24) is 4.98 Å². The number of aromatic nitrogens is 1. The van der Waals surface area contributed by atoms with E-state index < -0.39 is 15.8 Å². The van der Waals surface area contributed by atoms with Crippen molar-refractivity contribution >= 4 is 61.7 Å². The maximum absolute atomic E-state index is 4.85. The number of halogens is 2. The standard InChI is InChI=1S/C20H20N2P.C18H15P.2ClH.Ru/c1-3-10-19(11-4-1)23(20-12-5-2-6-13-20)16-15-21-17-18-9-7-8-14-22-18;1-4-10-16(11-5-1)19(17-12-6-2-7-13-17)18-14-8-3-9-15-18;;;/h1-14H,15-17H2;1-15H;2*1H;/q-1;;;;+2. The third-order valence-corrected chi connectivity index (χ3v) is 12.5. The molecule has 0 spiro atoms. The normalized spacial score (nSPS) is 10.5. The Bertz CT molecular complexity index is 1450. The van der Waals surface area contributed by atoms with Crippen molar-refractivity contribution in [3.63, 3.8) is 0 Å². The fourth-order valence-electron chi connectivity index (χ4n) is 4.92. The van der Waals surface area contributed by atoms with Gasteiger partial charge in [-0.25, -0.2) is 0 Å². The maximum Gasteiger partial charge on any atom is 0.102 e. The van der Waals surface area contributed by atoms with Gasteiger partial charge >= 0.3 is 34.5 Å². The molecule has 5 aromatic carbocycles. The van der Waals surface area contributed by atoms with Gasteiger partial charge in [-0.3, -0.25) is 4.98 Å². The van der Waals surface area contributed by atoms with Crippen LogP contribution < -0.4 is 26.5 Å². The number of rotatable bonds is 10. The van der Waals surface area contributed by atoms with Crippen LogP contribution in [0, 0.1) is 0 Å². The van der Waals surface area contributed by atoms with E-state index >= 15 is 0 Å². The molecule has 0 aliphatic heterocycles. The van der Waals surface area contributed by atoms with Gasteiger partial charge in [0.2, 0.25) is 0 Å². The fraction of sp³-hybridized carbons (Fsp3) is 0.0789. The third kappa shape index (κ3) is 12.2. The van der Waals surface area contributed by atoms with Crippen LogP contribution in [0.1, 0.15) is 5.69 Å². The van der Waals surface area contributed by atoms with Gasteiger partial charge in [-0.15, -0.1) is 13.1 Å². The summed E-state index contributed by atoms with van der Waals surface area (Å²) >= 11 is -0.346. The number of benzene rings is 5. The van der Waals surface area contributed by atoms with Gasteiger partial charge in [-0.2, -0.15) is 0 Å². The first kappa shape index (κ1) is 35.1. The first-order valence-electron chi connectivity index (χ1n) is 14.7. The van der Waals surface area contributed by atoms with Crippen LogP contribution in [-0.2, 0) is 21.7 Å². The molecule has 1 aromatic heterocycles. The van der Waals surface area contributed by atoms with Crippen LogP contribution in [-0.4, -0.2) is 17.7 Å². The van der Waals surface area contributed by atoms with Crippen LogP contribution in [0.5, 0.6) is 0 Å².